The van der Waals surface area contributed by atoms with Crippen molar-refractivity contribution in [2.24, 2.45) is 17.3 Å². The molecule has 0 aliphatic heterocycles. The number of anilines is 1. The summed E-state index contributed by atoms with van der Waals surface area (Å²) in [5.41, 5.74) is 0.895. The quantitative estimate of drug-likeness (QED) is 0.416. The lowest BCUT2D eigenvalue weighted by Crippen LogP contribution is -2.57. The molecular formula is C25H28N6O3. The molecule has 4 aliphatic carbocycles. The van der Waals surface area contributed by atoms with E-state index in [2.05, 4.69) is 27.6 Å². The molecule has 2 unspecified atom stereocenters. The number of benzene rings is 1. The van der Waals surface area contributed by atoms with Gasteiger partial charge in [0.1, 0.15) is 12.4 Å². The maximum atomic E-state index is 13.1. The van der Waals surface area contributed by atoms with Crippen LogP contribution in [0.4, 0.5) is 11.5 Å². The predicted octanol–water partition coefficient (Wildman–Crippen LogP) is 4.36. The Hall–Kier alpha value is -3.49. The molecule has 0 radical (unpaired) electrons. The second kappa shape index (κ2) is 7.78. The fraction of sp³-hybridized carbons (Fsp3) is 0.480. The molecule has 0 saturated heterocycles. The van der Waals surface area contributed by atoms with Gasteiger partial charge in [-0.25, -0.2) is 0 Å². The van der Waals surface area contributed by atoms with E-state index in [1.165, 1.54) is 12.6 Å². The second-order valence-electron chi connectivity index (χ2n) is 10.7. The molecule has 3 aromatic rings. The van der Waals surface area contributed by atoms with Crippen LogP contribution in [0.2, 0.25) is 0 Å². The van der Waals surface area contributed by atoms with Crippen LogP contribution in [0, 0.1) is 27.4 Å². The minimum absolute atomic E-state index is 0.00601. The predicted molar refractivity (Wildman–Crippen MR) is 125 cm³/mol. The summed E-state index contributed by atoms with van der Waals surface area (Å²) in [5, 5.41) is 23.2. The zero-order valence-corrected chi connectivity index (χ0v) is 19.0. The fourth-order valence-corrected chi connectivity index (χ4v) is 7.36. The van der Waals surface area contributed by atoms with Gasteiger partial charge >= 0.3 is 5.69 Å². The van der Waals surface area contributed by atoms with Crippen LogP contribution in [0.3, 0.4) is 0 Å². The molecule has 2 aromatic heterocycles. The maximum absolute atomic E-state index is 13.1. The summed E-state index contributed by atoms with van der Waals surface area (Å²) in [6, 6.07) is 11.9. The molecule has 176 valence electrons. The topological polar surface area (TPSA) is 108 Å². The lowest BCUT2D eigenvalue weighted by molar-refractivity contribution is -0.385. The summed E-state index contributed by atoms with van der Waals surface area (Å²) in [4.78, 5) is 24.0. The Morgan fingerprint density at radius 2 is 1.91 bits per heavy atom. The highest BCUT2D eigenvalue weighted by Gasteiger charge is 2.59. The highest BCUT2D eigenvalue weighted by atomic mass is 16.6. The normalized spacial score (nSPS) is 29.3. The average molecular weight is 461 g/mol. The van der Waals surface area contributed by atoms with Gasteiger partial charge in [0.15, 0.2) is 5.82 Å². The summed E-state index contributed by atoms with van der Waals surface area (Å²) >= 11 is 0. The number of hydrogen-bond donors (Lipinski definition) is 1. The standard InChI is InChI=1S/C25H28N6O3/c32-23(27-22-6-7-29(28-22)15-18-4-2-1-3-5-18)13-24-9-19-8-20(10-24)12-25(11-19,17-24)30-16-21(14-26-30)31(33)34/h1-7,14,16,19-20H,8-13,15,17H2,(H,27,28,32). The Morgan fingerprint density at radius 3 is 2.62 bits per heavy atom. The van der Waals surface area contributed by atoms with E-state index in [1.54, 1.807) is 6.20 Å². The number of nitrogens with one attached hydrogen (secondary N) is 1. The molecule has 4 saturated carbocycles. The fourth-order valence-electron chi connectivity index (χ4n) is 7.36. The average Bonchev–Trinajstić information content (AvgIpc) is 3.43. The van der Waals surface area contributed by atoms with Crippen LogP contribution in [0.5, 0.6) is 0 Å². The van der Waals surface area contributed by atoms with E-state index in [4.69, 9.17) is 0 Å². The zero-order chi connectivity index (χ0) is 23.3. The van der Waals surface area contributed by atoms with E-state index < -0.39 is 0 Å². The van der Waals surface area contributed by atoms with E-state index in [9.17, 15) is 14.9 Å². The Bertz CT molecular complexity index is 1220. The smallest absolute Gasteiger partial charge is 0.307 e. The van der Waals surface area contributed by atoms with Crippen LogP contribution in [0.1, 0.15) is 50.5 Å². The highest BCUT2D eigenvalue weighted by molar-refractivity contribution is 5.90. The zero-order valence-electron chi connectivity index (χ0n) is 19.0. The number of aromatic nitrogens is 4. The monoisotopic (exact) mass is 460 g/mol. The number of nitro groups is 1. The van der Waals surface area contributed by atoms with E-state index in [0.717, 1.165) is 37.7 Å². The molecule has 1 N–H and O–H groups in total. The van der Waals surface area contributed by atoms with Gasteiger partial charge in [0.25, 0.3) is 0 Å². The van der Waals surface area contributed by atoms with Gasteiger partial charge in [0.2, 0.25) is 5.91 Å². The Balaban J connectivity index is 1.16. The van der Waals surface area contributed by atoms with Crippen molar-refractivity contribution in [1.82, 2.24) is 19.6 Å². The molecule has 0 spiro atoms. The van der Waals surface area contributed by atoms with Crippen molar-refractivity contribution in [3.05, 3.63) is 70.7 Å². The van der Waals surface area contributed by atoms with Crippen molar-refractivity contribution >= 4 is 17.4 Å². The van der Waals surface area contributed by atoms with Crippen LogP contribution in [-0.4, -0.2) is 30.4 Å². The van der Waals surface area contributed by atoms with Gasteiger partial charge in [-0.1, -0.05) is 30.3 Å². The van der Waals surface area contributed by atoms with Crippen LogP contribution in [-0.2, 0) is 16.9 Å². The largest absolute Gasteiger partial charge is 0.309 e. The summed E-state index contributed by atoms with van der Waals surface area (Å²) < 4.78 is 3.68. The van der Waals surface area contributed by atoms with E-state index in [0.29, 0.717) is 30.6 Å². The van der Waals surface area contributed by atoms with Gasteiger partial charge in [-0.05, 0) is 61.3 Å². The maximum Gasteiger partial charge on any atom is 0.307 e. The molecular weight excluding hydrogens is 432 g/mol. The molecule has 4 aliphatic rings. The van der Waals surface area contributed by atoms with Gasteiger partial charge in [-0.3, -0.25) is 24.3 Å². The van der Waals surface area contributed by atoms with Gasteiger partial charge in [-0.15, -0.1) is 0 Å². The lowest BCUT2D eigenvalue weighted by atomic mass is 9.46. The van der Waals surface area contributed by atoms with Crippen molar-refractivity contribution in [1.29, 1.82) is 0 Å². The molecule has 4 fully saturated rings. The third-order valence-corrected chi connectivity index (χ3v) is 8.05. The lowest BCUT2D eigenvalue weighted by Gasteiger charge is -2.61. The first kappa shape index (κ1) is 21.1. The molecule has 1 amide bonds. The minimum atomic E-state index is -0.385. The first-order chi connectivity index (χ1) is 16.4. The number of rotatable bonds is 7. The van der Waals surface area contributed by atoms with E-state index in [1.807, 2.05) is 39.8 Å². The van der Waals surface area contributed by atoms with Crippen LogP contribution >= 0.6 is 0 Å². The number of carbonyl (C=O) groups excluding carboxylic acids is 1. The van der Waals surface area contributed by atoms with Gasteiger partial charge in [0.05, 0.1) is 17.0 Å². The van der Waals surface area contributed by atoms with Crippen molar-refractivity contribution in [2.45, 2.75) is 57.0 Å². The van der Waals surface area contributed by atoms with E-state index >= 15 is 0 Å². The second-order valence-corrected chi connectivity index (χ2v) is 10.7. The summed E-state index contributed by atoms with van der Waals surface area (Å²) in [5.74, 6) is 1.65. The van der Waals surface area contributed by atoms with Gasteiger partial charge in [0, 0.05) is 18.7 Å². The summed E-state index contributed by atoms with van der Waals surface area (Å²) in [6.07, 6.45) is 11.4. The highest BCUT2D eigenvalue weighted by Crippen LogP contribution is 2.65. The van der Waals surface area contributed by atoms with Crippen LogP contribution < -0.4 is 5.32 Å². The van der Waals surface area contributed by atoms with Crippen molar-refractivity contribution in [3.63, 3.8) is 0 Å². The molecule has 7 rings (SSSR count). The Kier molecular flexibility index (Phi) is 4.82. The number of hydrogen-bond acceptors (Lipinski definition) is 5. The number of amides is 1. The Morgan fingerprint density at radius 1 is 1.15 bits per heavy atom. The molecule has 2 heterocycles. The van der Waals surface area contributed by atoms with Gasteiger partial charge < -0.3 is 5.32 Å². The molecule has 1 aromatic carbocycles. The van der Waals surface area contributed by atoms with Crippen molar-refractivity contribution in [3.8, 4) is 0 Å². The number of carbonyl (C=O) groups is 1. The van der Waals surface area contributed by atoms with E-state index in [-0.39, 0.29) is 27.5 Å². The van der Waals surface area contributed by atoms with Crippen LogP contribution in [0.15, 0.2) is 55.0 Å². The molecule has 2 atom stereocenters. The summed E-state index contributed by atoms with van der Waals surface area (Å²) in [6.45, 7) is 0.655. The van der Waals surface area contributed by atoms with Crippen LogP contribution in [0.25, 0.3) is 0 Å². The van der Waals surface area contributed by atoms with Gasteiger partial charge in [-0.2, -0.15) is 10.2 Å². The number of nitrogens with zero attached hydrogens (tertiary/aromatic N) is 5. The third kappa shape index (κ3) is 3.78. The molecule has 4 bridgehead atoms. The third-order valence-electron chi connectivity index (χ3n) is 8.05. The first-order valence-electron chi connectivity index (χ1n) is 12.0. The first-order valence-corrected chi connectivity index (χ1v) is 12.0. The molecule has 9 nitrogen and oxygen atoms in total. The SMILES string of the molecule is O=C(CC12CC3CC(C1)CC(n1cc([N+](=O)[O-])cn1)(C3)C2)Nc1ccn(Cc2ccccc2)n1. The molecule has 34 heavy (non-hydrogen) atoms. The minimum Gasteiger partial charge on any atom is -0.309 e. The Labute approximate surface area is 197 Å². The molecule has 9 heteroatoms. The van der Waals surface area contributed by atoms with Crippen molar-refractivity contribution in [2.75, 3.05) is 5.32 Å². The van der Waals surface area contributed by atoms with Crippen molar-refractivity contribution < 1.29 is 9.72 Å². The summed E-state index contributed by atoms with van der Waals surface area (Å²) in [7, 11) is 0.